The highest BCUT2D eigenvalue weighted by molar-refractivity contribution is 7.99. The molecule has 0 aromatic carbocycles. The monoisotopic (exact) mass is 199 g/mol. The summed E-state index contributed by atoms with van der Waals surface area (Å²) in [6, 6.07) is 1.86. The molecule has 0 aliphatic carbocycles. The topological polar surface area (TPSA) is 58.0 Å². The highest BCUT2D eigenvalue weighted by Crippen LogP contribution is 2.16. The van der Waals surface area contributed by atoms with Crippen LogP contribution in [0.4, 0.5) is 5.95 Å². The molecular formula is C8H13N3OS. The lowest BCUT2D eigenvalue weighted by molar-refractivity contribution is 0.296. The Labute approximate surface area is 81.8 Å². The first kappa shape index (κ1) is 10.3. The second-order valence-electron chi connectivity index (χ2n) is 2.39. The second-order valence-corrected chi connectivity index (χ2v) is 3.51. The SMILES string of the molecule is CNc1nccc(SCCCO)n1. The van der Waals surface area contributed by atoms with Crippen LogP contribution < -0.4 is 5.32 Å². The van der Waals surface area contributed by atoms with Gasteiger partial charge in [0.2, 0.25) is 5.95 Å². The molecule has 0 saturated heterocycles. The van der Waals surface area contributed by atoms with Gasteiger partial charge in [0.1, 0.15) is 5.03 Å². The van der Waals surface area contributed by atoms with Gasteiger partial charge in [-0.25, -0.2) is 9.97 Å². The molecule has 0 saturated carbocycles. The fourth-order valence-electron chi connectivity index (χ4n) is 0.784. The van der Waals surface area contributed by atoms with Crippen LogP contribution >= 0.6 is 11.8 Å². The van der Waals surface area contributed by atoms with E-state index in [4.69, 9.17) is 5.11 Å². The first-order valence-corrected chi connectivity index (χ1v) is 5.10. The van der Waals surface area contributed by atoms with Crippen molar-refractivity contribution in [1.29, 1.82) is 0 Å². The molecule has 0 spiro atoms. The Morgan fingerprint density at radius 2 is 2.46 bits per heavy atom. The highest BCUT2D eigenvalue weighted by atomic mass is 32.2. The van der Waals surface area contributed by atoms with E-state index in [0.29, 0.717) is 5.95 Å². The van der Waals surface area contributed by atoms with Gasteiger partial charge in [0.15, 0.2) is 0 Å². The van der Waals surface area contributed by atoms with E-state index < -0.39 is 0 Å². The third kappa shape index (κ3) is 3.61. The number of nitrogens with one attached hydrogen (secondary N) is 1. The quantitative estimate of drug-likeness (QED) is 0.421. The van der Waals surface area contributed by atoms with Crippen molar-refractivity contribution >= 4 is 17.7 Å². The molecule has 4 nitrogen and oxygen atoms in total. The van der Waals surface area contributed by atoms with Crippen LogP contribution in [0.1, 0.15) is 6.42 Å². The zero-order valence-corrected chi connectivity index (χ0v) is 8.34. The van der Waals surface area contributed by atoms with Gasteiger partial charge < -0.3 is 10.4 Å². The Morgan fingerprint density at radius 1 is 1.62 bits per heavy atom. The second kappa shape index (κ2) is 5.77. The van der Waals surface area contributed by atoms with Crippen molar-refractivity contribution in [3.05, 3.63) is 12.3 Å². The molecule has 0 amide bonds. The molecule has 13 heavy (non-hydrogen) atoms. The van der Waals surface area contributed by atoms with E-state index in [2.05, 4.69) is 15.3 Å². The summed E-state index contributed by atoms with van der Waals surface area (Å²) in [5.41, 5.74) is 0. The smallest absolute Gasteiger partial charge is 0.223 e. The summed E-state index contributed by atoms with van der Waals surface area (Å²) in [7, 11) is 1.79. The number of hydrogen-bond donors (Lipinski definition) is 2. The Hall–Kier alpha value is -0.810. The van der Waals surface area contributed by atoms with E-state index in [9.17, 15) is 0 Å². The first-order chi connectivity index (χ1) is 6.36. The van der Waals surface area contributed by atoms with Crippen molar-refractivity contribution in [3.63, 3.8) is 0 Å². The number of aliphatic hydroxyl groups excluding tert-OH is 1. The predicted molar refractivity (Wildman–Crippen MR) is 54.0 cm³/mol. The van der Waals surface area contributed by atoms with Gasteiger partial charge in [-0.2, -0.15) is 0 Å². The fourth-order valence-corrected chi connectivity index (χ4v) is 1.57. The summed E-state index contributed by atoms with van der Waals surface area (Å²) >= 11 is 1.62. The summed E-state index contributed by atoms with van der Waals surface area (Å²) < 4.78 is 0. The van der Waals surface area contributed by atoms with Crippen molar-refractivity contribution in [2.24, 2.45) is 0 Å². The third-order valence-corrected chi connectivity index (χ3v) is 2.42. The highest BCUT2D eigenvalue weighted by Gasteiger charge is 1.97. The van der Waals surface area contributed by atoms with Gasteiger partial charge in [-0.15, -0.1) is 11.8 Å². The molecule has 0 unspecified atom stereocenters. The Bertz CT molecular complexity index is 257. The summed E-state index contributed by atoms with van der Waals surface area (Å²) in [6.45, 7) is 0.233. The van der Waals surface area contributed by atoms with Crippen LogP contribution in [0.15, 0.2) is 17.3 Å². The van der Waals surface area contributed by atoms with Crippen molar-refractivity contribution in [3.8, 4) is 0 Å². The third-order valence-electron chi connectivity index (χ3n) is 1.41. The van der Waals surface area contributed by atoms with E-state index in [1.165, 1.54) is 0 Å². The molecule has 1 rings (SSSR count). The average Bonchev–Trinajstić information content (AvgIpc) is 2.19. The van der Waals surface area contributed by atoms with E-state index in [1.54, 1.807) is 25.0 Å². The number of anilines is 1. The van der Waals surface area contributed by atoms with Gasteiger partial charge in [-0.3, -0.25) is 0 Å². The minimum absolute atomic E-state index is 0.233. The molecule has 1 heterocycles. The summed E-state index contributed by atoms with van der Waals surface area (Å²) in [6.07, 6.45) is 2.52. The molecule has 1 aromatic heterocycles. The van der Waals surface area contributed by atoms with Crippen molar-refractivity contribution < 1.29 is 5.11 Å². The van der Waals surface area contributed by atoms with Gasteiger partial charge in [0, 0.05) is 25.6 Å². The predicted octanol–water partition coefficient (Wildman–Crippen LogP) is 0.993. The largest absolute Gasteiger partial charge is 0.396 e. The normalized spacial score (nSPS) is 10.0. The van der Waals surface area contributed by atoms with E-state index in [-0.39, 0.29) is 6.61 Å². The minimum atomic E-state index is 0.233. The van der Waals surface area contributed by atoms with Crippen molar-refractivity contribution in [2.45, 2.75) is 11.4 Å². The number of thioether (sulfide) groups is 1. The van der Waals surface area contributed by atoms with Gasteiger partial charge >= 0.3 is 0 Å². The van der Waals surface area contributed by atoms with Gasteiger partial charge in [-0.05, 0) is 12.5 Å². The maximum atomic E-state index is 8.59. The molecule has 0 aliphatic heterocycles. The lowest BCUT2D eigenvalue weighted by Crippen LogP contribution is -1.96. The summed E-state index contributed by atoms with van der Waals surface area (Å²) in [5, 5.41) is 12.4. The average molecular weight is 199 g/mol. The van der Waals surface area contributed by atoms with Gasteiger partial charge in [-0.1, -0.05) is 0 Å². The Morgan fingerprint density at radius 3 is 3.15 bits per heavy atom. The summed E-state index contributed by atoms with van der Waals surface area (Å²) in [5.74, 6) is 1.52. The standard InChI is InChI=1S/C8H13N3OS/c1-9-8-10-4-3-7(11-8)13-6-2-5-12/h3-4,12H,2,5-6H2,1H3,(H,9,10,11). The molecule has 0 fully saturated rings. The van der Waals surface area contributed by atoms with Crippen LogP contribution in [0.3, 0.4) is 0 Å². The fraction of sp³-hybridized carbons (Fsp3) is 0.500. The molecule has 72 valence electrons. The van der Waals surface area contributed by atoms with Crippen LogP contribution in [-0.4, -0.2) is 34.5 Å². The molecule has 0 atom stereocenters. The Kier molecular flexibility index (Phi) is 4.56. The van der Waals surface area contributed by atoms with Crippen LogP contribution in [0.25, 0.3) is 0 Å². The maximum absolute atomic E-state index is 8.59. The first-order valence-electron chi connectivity index (χ1n) is 4.11. The van der Waals surface area contributed by atoms with E-state index in [0.717, 1.165) is 17.2 Å². The van der Waals surface area contributed by atoms with Crippen LogP contribution in [0.2, 0.25) is 0 Å². The van der Waals surface area contributed by atoms with E-state index >= 15 is 0 Å². The Balaban J connectivity index is 2.46. The molecule has 0 radical (unpaired) electrons. The number of rotatable bonds is 5. The van der Waals surface area contributed by atoms with Gasteiger partial charge in [0.25, 0.3) is 0 Å². The maximum Gasteiger partial charge on any atom is 0.223 e. The lowest BCUT2D eigenvalue weighted by Gasteiger charge is -2.01. The van der Waals surface area contributed by atoms with Crippen LogP contribution in [-0.2, 0) is 0 Å². The van der Waals surface area contributed by atoms with Crippen molar-refractivity contribution in [1.82, 2.24) is 9.97 Å². The van der Waals surface area contributed by atoms with Gasteiger partial charge in [0.05, 0.1) is 0 Å². The molecular weight excluding hydrogens is 186 g/mol. The zero-order chi connectivity index (χ0) is 9.52. The van der Waals surface area contributed by atoms with Crippen LogP contribution in [0, 0.1) is 0 Å². The number of nitrogens with zero attached hydrogens (tertiary/aromatic N) is 2. The van der Waals surface area contributed by atoms with E-state index in [1.807, 2.05) is 6.07 Å². The number of hydrogen-bond acceptors (Lipinski definition) is 5. The molecule has 2 N–H and O–H groups in total. The lowest BCUT2D eigenvalue weighted by atomic mass is 10.5. The molecule has 1 aromatic rings. The van der Waals surface area contributed by atoms with Crippen molar-refractivity contribution in [2.75, 3.05) is 24.7 Å². The van der Waals surface area contributed by atoms with Crippen LogP contribution in [0.5, 0.6) is 0 Å². The zero-order valence-electron chi connectivity index (χ0n) is 7.53. The summed E-state index contributed by atoms with van der Waals surface area (Å²) in [4.78, 5) is 8.22. The number of aliphatic hydroxyl groups is 1. The minimum Gasteiger partial charge on any atom is -0.396 e. The number of aromatic nitrogens is 2. The molecule has 0 bridgehead atoms. The molecule has 0 aliphatic rings. The molecule has 5 heteroatoms.